The summed E-state index contributed by atoms with van der Waals surface area (Å²) in [5.74, 6) is 0.853. The third-order valence-electron chi connectivity index (χ3n) is 2.56. The van der Waals surface area contributed by atoms with Gasteiger partial charge in [-0.15, -0.1) is 0 Å². The van der Waals surface area contributed by atoms with E-state index in [4.69, 9.17) is 14.2 Å². The Morgan fingerprint density at radius 2 is 1.71 bits per heavy atom. The van der Waals surface area contributed by atoms with Crippen molar-refractivity contribution >= 4 is 5.71 Å². The van der Waals surface area contributed by atoms with Crippen molar-refractivity contribution < 1.29 is 19.0 Å². The van der Waals surface area contributed by atoms with Crippen molar-refractivity contribution in [3.05, 3.63) is 43.0 Å². The van der Waals surface area contributed by atoms with Crippen molar-refractivity contribution in [2.24, 2.45) is 5.16 Å². The molecule has 21 heavy (non-hydrogen) atoms. The van der Waals surface area contributed by atoms with Crippen LogP contribution in [0.1, 0.15) is 6.42 Å². The van der Waals surface area contributed by atoms with Gasteiger partial charge in [0.15, 0.2) is 0 Å². The highest BCUT2D eigenvalue weighted by Gasteiger charge is 1.96. The molecule has 0 aliphatic rings. The van der Waals surface area contributed by atoms with Gasteiger partial charge in [0.25, 0.3) is 0 Å². The number of allylic oxidation sites excluding steroid dienone is 1. The number of nitrogens with zero attached hydrogens (tertiary/aromatic N) is 1. The lowest BCUT2D eigenvalue weighted by Gasteiger charge is -2.07. The van der Waals surface area contributed by atoms with Gasteiger partial charge in [-0.25, -0.2) is 0 Å². The van der Waals surface area contributed by atoms with E-state index >= 15 is 0 Å². The van der Waals surface area contributed by atoms with E-state index in [0.717, 1.165) is 11.5 Å². The normalized spacial score (nSPS) is 11.2. The summed E-state index contributed by atoms with van der Waals surface area (Å²) in [6, 6.07) is 9.67. The molecule has 5 heteroatoms. The summed E-state index contributed by atoms with van der Waals surface area (Å²) in [5, 5.41) is 3.80. The lowest BCUT2D eigenvalue weighted by atomic mass is 10.3. The average molecular weight is 293 g/mol. The van der Waals surface area contributed by atoms with Crippen LogP contribution in [0.2, 0.25) is 0 Å². The van der Waals surface area contributed by atoms with Crippen LogP contribution in [0.3, 0.4) is 0 Å². The van der Waals surface area contributed by atoms with Gasteiger partial charge in [-0.05, 0) is 18.2 Å². The second-order valence-electron chi connectivity index (χ2n) is 4.11. The van der Waals surface area contributed by atoms with Gasteiger partial charge in [-0.2, -0.15) is 0 Å². The van der Waals surface area contributed by atoms with Crippen LogP contribution in [0.4, 0.5) is 0 Å². The van der Waals surface area contributed by atoms with E-state index in [2.05, 4.69) is 16.6 Å². The zero-order valence-electron chi connectivity index (χ0n) is 12.5. The number of para-hydroxylation sites is 1. The van der Waals surface area contributed by atoms with E-state index in [1.54, 1.807) is 6.08 Å². The van der Waals surface area contributed by atoms with Gasteiger partial charge in [0, 0.05) is 6.42 Å². The molecule has 0 radical (unpaired) electrons. The summed E-state index contributed by atoms with van der Waals surface area (Å²) < 4.78 is 16.3. The largest absolute Gasteiger partial charge is 0.491 e. The molecule has 0 bridgehead atoms. The molecular weight excluding hydrogens is 270 g/mol. The van der Waals surface area contributed by atoms with Gasteiger partial charge in [0.05, 0.1) is 32.1 Å². The number of benzene rings is 1. The van der Waals surface area contributed by atoms with Crippen molar-refractivity contribution in [3.8, 4) is 5.75 Å². The second kappa shape index (κ2) is 11.9. The molecule has 0 saturated heterocycles. The fourth-order valence-corrected chi connectivity index (χ4v) is 1.54. The standard InChI is InChI=1S/C16H23NO4/c1-3-15(17-18-2)9-10-19-11-12-20-13-14-21-16-7-5-4-6-8-16/h3-8H,1,9-14H2,2H3/b17-15+. The maximum atomic E-state index is 5.50. The Kier molecular flexibility index (Phi) is 9.78. The number of rotatable bonds is 12. The van der Waals surface area contributed by atoms with Crippen LogP contribution in [0.5, 0.6) is 5.75 Å². The van der Waals surface area contributed by atoms with Crippen LogP contribution in [0, 0.1) is 0 Å². The first-order chi connectivity index (χ1) is 10.4. The van der Waals surface area contributed by atoms with Crippen molar-refractivity contribution in [1.29, 1.82) is 0 Å². The smallest absolute Gasteiger partial charge is 0.119 e. The maximum Gasteiger partial charge on any atom is 0.119 e. The highest BCUT2D eigenvalue weighted by molar-refractivity contribution is 5.94. The summed E-state index contributed by atoms with van der Waals surface area (Å²) in [6.07, 6.45) is 2.33. The Labute approximate surface area is 126 Å². The molecule has 0 amide bonds. The van der Waals surface area contributed by atoms with Crippen LogP contribution >= 0.6 is 0 Å². The molecule has 1 aromatic carbocycles. The topological polar surface area (TPSA) is 49.3 Å². The predicted octanol–water partition coefficient (Wildman–Crippen LogP) is 2.68. The number of oxime groups is 1. The van der Waals surface area contributed by atoms with E-state index in [-0.39, 0.29) is 0 Å². The molecule has 0 aliphatic heterocycles. The van der Waals surface area contributed by atoms with Crippen molar-refractivity contribution in [2.75, 3.05) is 40.1 Å². The lowest BCUT2D eigenvalue weighted by molar-refractivity contribution is 0.0384. The zero-order valence-corrected chi connectivity index (χ0v) is 12.5. The summed E-state index contributed by atoms with van der Waals surface area (Å²) in [6.45, 7) is 6.38. The molecule has 0 spiro atoms. The maximum absolute atomic E-state index is 5.50. The molecule has 0 saturated carbocycles. The molecule has 1 rings (SSSR count). The molecule has 0 N–H and O–H groups in total. The lowest BCUT2D eigenvalue weighted by Crippen LogP contribution is -2.12. The van der Waals surface area contributed by atoms with Crippen LogP contribution in [0.15, 0.2) is 48.1 Å². The predicted molar refractivity (Wildman–Crippen MR) is 82.8 cm³/mol. The molecule has 0 atom stereocenters. The average Bonchev–Trinajstić information content (AvgIpc) is 2.53. The van der Waals surface area contributed by atoms with Gasteiger partial charge < -0.3 is 19.0 Å². The van der Waals surface area contributed by atoms with Gasteiger partial charge in [-0.3, -0.25) is 0 Å². The third kappa shape index (κ3) is 8.83. The Morgan fingerprint density at radius 1 is 1.05 bits per heavy atom. The van der Waals surface area contributed by atoms with Crippen molar-refractivity contribution in [2.45, 2.75) is 6.42 Å². The van der Waals surface area contributed by atoms with E-state index in [1.165, 1.54) is 7.11 Å². The number of hydrogen-bond acceptors (Lipinski definition) is 5. The molecular formula is C16H23NO4. The molecule has 0 heterocycles. The summed E-state index contributed by atoms with van der Waals surface area (Å²) >= 11 is 0. The highest BCUT2D eigenvalue weighted by atomic mass is 16.6. The zero-order chi connectivity index (χ0) is 15.2. The fraction of sp³-hybridized carbons (Fsp3) is 0.438. The Bertz CT molecular complexity index is 406. The van der Waals surface area contributed by atoms with Crippen molar-refractivity contribution in [1.82, 2.24) is 0 Å². The molecule has 0 aliphatic carbocycles. The van der Waals surface area contributed by atoms with Gasteiger partial charge in [0.2, 0.25) is 0 Å². The Balaban J connectivity index is 1.91. The third-order valence-corrected chi connectivity index (χ3v) is 2.56. The Morgan fingerprint density at radius 3 is 2.38 bits per heavy atom. The molecule has 0 aromatic heterocycles. The number of ether oxygens (including phenoxy) is 3. The van der Waals surface area contributed by atoms with Crippen LogP contribution in [-0.2, 0) is 14.3 Å². The summed E-state index contributed by atoms with van der Waals surface area (Å²) in [5.41, 5.74) is 0.773. The Hall–Kier alpha value is -1.85. The SMILES string of the molecule is C=C/C(CCOCCOCCOc1ccccc1)=N\OC. The first-order valence-corrected chi connectivity index (χ1v) is 6.92. The summed E-state index contributed by atoms with van der Waals surface area (Å²) in [7, 11) is 1.51. The van der Waals surface area contributed by atoms with Crippen LogP contribution in [0.25, 0.3) is 0 Å². The minimum absolute atomic E-state index is 0.533. The van der Waals surface area contributed by atoms with E-state index in [1.807, 2.05) is 30.3 Å². The minimum Gasteiger partial charge on any atom is -0.491 e. The molecule has 0 unspecified atom stereocenters. The van der Waals surface area contributed by atoms with Gasteiger partial charge in [-0.1, -0.05) is 29.9 Å². The highest BCUT2D eigenvalue weighted by Crippen LogP contribution is 2.07. The molecule has 1 aromatic rings. The first-order valence-electron chi connectivity index (χ1n) is 6.92. The van der Waals surface area contributed by atoms with Crippen LogP contribution < -0.4 is 4.74 Å². The fourth-order valence-electron chi connectivity index (χ4n) is 1.54. The monoisotopic (exact) mass is 293 g/mol. The van der Waals surface area contributed by atoms with Crippen molar-refractivity contribution in [3.63, 3.8) is 0 Å². The molecule has 5 nitrogen and oxygen atoms in total. The van der Waals surface area contributed by atoms with Gasteiger partial charge >= 0.3 is 0 Å². The summed E-state index contributed by atoms with van der Waals surface area (Å²) in [4.78, 5) is 4.68. The van der Waals surface area contributed by atoms with Gasteiger partial charge in [0.1, 0.15) is 19.5 Å². The first kappa shape index (κ1) is 17.2. The molecule has 116 valence electrons. The number of hydrogen-bond donors (Lipinski definition) is 0. The minimum atomic E-state index is 0.533. The van der Waals surface area contributed by atoms with E-state index in [0.29, 0.717) is 39.5 Å². The van der Waals surface area contributed by atoms with E-state index in [9.17, 15) is 0 Å². The molecule has 0 fully saturated rings. The second-order valence-corrected chi connectivity index (χ2v) is 4.11. The van der Waals surface area contributed by atoms with E-state index < -0.39 is 0 Å². The quantitative estimate of drug-likeness (QED) is 0.338. The van der Waals surface area contributed by atoms with Crippen LogP contribution in [-0.4, -0.2) is 45.9 Å².